The number of nitrogens with zero attached hydrogens (tertiary/aromatic N) is 1. The molecule has 1 fully saturated rings. The van der Waals surface area contributed by atoms with Gasteiger partial charge in [-0.15, -0.1) is 0 Å². The second-order valence-electron chi connectivity index (χ2n) is 5.51. The summed E-state index contributed by atoms with van der Waals surface area (Å²) in [6.07, 6.45) is 6.89. The Balaban J connectivity index is 2.30. The van der Waals surface area contributed by atoms with Crippen LogP contribution in [0.1, 0.15) is 48.9 Å². The predicted octanol–water partition coefficient (Wildman–Crippen LogP) is 2.67. The molecule has 0 radical (unpaired) electrons. The normalized spacial score (nSPS) is 16.7. The van der Waals surface area contributed by atoms with Crippen molar-refractivity contribution in [1.29, 1.82) is 0 Å². The van der Waals surface area contributed by atoms with Gasteiger partial charge in [0.2, 0.25) is 0 Å². The minimum atomic E-state index is -0.627. The second-order valence-corrected chi connectivity index (χ2v) is 5.51. The van der Waals surface area contributed by atoms with E-state index in [9.17, 15) is 9.18 Å². The number of primary amides is 1. The summed E-state index contributed by atoms with van der Waals surface area (Å²) in [7, 11) is 1.87. The van der Waals surface area contributed by atoms with Crippen LogP contribution in [0.25, 0.3) is 0 Å². The molecule has 0 aliphatic heterocycles. The number of anilines is 2. The Morgan fingerprint density at radius 3 is 2.40 bits per heavy atom. The van der Waals surface area contributed by atoms with Crippen molar-refractivity contribution in [2.45, 2.75) is 44.6 Å². The van der Waals surface area contributed by atoms with Crippen LogP contribution in [-0.4, -0.2) is 19.0 Å². The molecule has 4 N–H and O–H groups in total. The summed E-state index contributed by atoms with van der Waals surface area (Å²) in [5, 5.41) is 0. The van der Waals surface area contributed by atoms with Crippen LogP contribution >= 0.6 is 0 Å². The maximum absolute atomic E-state index is 14.1. The van der Waals surface area contributed by atoms with Crippen LogP contribution in [0.3, 0.4) is 0 Å². The zero-order valence-corrected chi connectivity index (χ0v) is 11.9. The quantitative estimate of drug-likeness (QED) is 0.660. The lowest BCUT2D eigenvalue weighted by Crippen LogP contribution is -2.32. The summed E-state index contributed by atoms with van der Waals surface area (Å²) in [5.41, 5.74) is 11.6. The molecule has 1 amide bonds. The van der Waals surface area contributed by atoms with Gasteiger partial charge >= 0.3 is 0 Å². The first kappa shape index (κ1) is 14.6. The highest BCUT2D eigenvalue weighted by molar-refractivity contribution is 5.99. The lowest BCUT2D eigenvalue weighted by molar-refractivity contribution is 0.100. The van der Waals surface area contributed by atoms with Crippen LogP contribution < -0.4 is 16.4 Å². The smallest absolute Gasteiger partial charge is 0.250 e. The molecule has 110 valence electrons. The van der Waals surface area contributed by atoms with Crippen LogP contribution in [0.5, 0.6) is 0 Å². The van der Waals surface area contributed by atoms with Crippen LogP contribution in [0.2, 0.25) is 0 Å². The highest BCUT2D eigenvalue weighted by Gasteiger charge is 2.21. The summed E-state index contributed by atoms with van der Waals surface area (Å²) in [6, 6.07) is 2.96. The van der Waals surface area contributed by atoms with E-state index in [0.717, 1.165) is 25.7 Å². The molecule has 20 heavy (non-hydrogen) atoms. The Kier molecular flexibility index (Phi) is 4.47. The lowest BCUT2D eigenvalue weighted by atomic mass is 10.0. The molecule has 1 aliphatic carbocycles. The van der Waals surface area contributed by atoms with E-state index in [1.54, 1.807) is 0 Å². The number of carbonyl (C=O) groups is 1. The highest BCUT2D eigenvalue weighted by Crippen LogP contribution is 2.30. The minimum absolute atomic E-state index is 0.0908. The largest absolute Gasteiger partial charge is 0.398 e. The van der Waals surface area contributed by atoms with E-state index in [1.165, 1.54) is 25.0 Å². The van der Waals surface area contributed by atoms with Crippen molar-refractivity contribution < 1.29 is 9.18 Å². The van der Waals surface area contributed by atoms with Crippen molar-refractivity contribution in [2.24, 2.45) is 5.73 Å². The molecular weight excluding hydrogens is 257 g/mol. The highest BCUT2D eigenvalue weighted by atomic mass is 19.1. The molecule has 0 spiro atoms. The Morgan fingerprint density at radius 1 is 1.25 bits per heavy atom. The summed E-state index contributed by atoms with van der Waals surface area (Å²) in [6.45, 7) is 0. The minimum Gasteiger partial charge on any atom is -0.398 e. The third kappa shape index (κ3) is 3.03. The molecule has 1 aromatic carbocycles. The third-order valence-corrected chi connectivity index (χ3v) is 4.14. The first-order valence-corrected chi connectivity index (χ1v) is 7.12. The van der Waals surface area contributed by atoms with E-state index in [1.807, 2.05) is 11.9 Å². The zero-order chi connectivity index (χ0) is 14.7. The maximum Gasteiger partial charge on any atom is 0.250 e. The summed E-state index contributed by atoms with van der Waals surface area (Å²) in [5.74, 6) is -1.03. The number of carbonyl (C=O) groups excluding carboxylic acids is 1. The molecule has 0 bridgehead atoms. The van der Waals surface area contributed by atoms with Crippen molar-refractivity contribution >= 4 is 17.3 Å². The van der Waals surface area contributed by atoms with Gasteiger partial charge in [0.1, 0.15) is 5.82 Å². The number of benzene rings is 1. The number of amides is 1. The average molecular weight is 279 g/mol. The Morgan fingerprint density at radius 2 is 1.85 bits per heavy atom. The van der Waals surface area contributed by atoms with E-state index in [4.69, 9.17) is 11.5 Å². The molecule has 5 heteroatoms. The molecule has 1 saturated carbocycles. The standard InChI is InChI=1S/C15H22FN3O/c1-19(10-6-4-2-3-5-7-10)14-8-11(15(18)20)13(17)9-12(14)16/h8-10H,2-7,17H2,1H3,(H2,18,20). The number of halogens is 1. The van der Waals surface area contributed by atoms with Gasteiger partial charge in [-0.25, -0.2) is 4.39 Å². The van der Waals surface area contributed by atoms with Gasteiger partial charge in [-0.05, 0) is 25.0 Å². The number of nitrogen functional groups attached to an aromatic ring is 1. The molecule has 0 atom stereocenters. The van der Waals surface area contributed by atoms with Crippen LogP contribution in [0.15, 0.2) is 12.1 Å². The molecule has 1 aromatic rings. The van der Waals surface area contributed by atoms with E-state index in [2.05, 4.69) is 0 Å². The molecule has 4 nitrogen and oxygen atoms in total. The van der Waals surface area contributed by atoms with E-state index in [-0.39, 0.29) is 11.3 Å². The fourth-order valence-electron chi connectivity index (χ4n) is 2.90. The molecule has 0 unspecified atom stereocenters. The summed E-state index contributed by atoms with van der Waals surface area (Å²) in [4.78, 5) is 13.3. The average Bonchev–Trinajstić information content (AvgIpc) is 2.66. The predicted molar refractivity (Wildman–Crippen MR) is 79.2 cm³/mol. The fourth-order valence-corrected chi connectivity index (χ4v) is 2.90. The Labute approximate surface area is 118 Å². The van der Waals surface area contributed by atoms with Gasteiger partial charge in [-0.2, -0.15) is 0 Å². The lowest BCUT2D eigenvalue weighted by Gasteiger charge is -2.30. The third-order valence-electron chi connectivity index (χ3n) is 4.14. The van der Waals surface area contributed by atoms with Crippen molar-refractivity contribution in [3.63, 3.8) is 0 Å². The fraction of sp³-hybridized carbons (Fsp3) is 0.533. The number of nitrogens with two attached hydrogens (primary N) is 2. The SMILES string of the molecule is CN(c1cc(C(N)=O)c(N)cc1F)C1CCCCCC1. The number of rotatable bonds is 3. The molecule has 0 heterocycles. The maximum atomic E-state index is 14.1. The van der Waals surface area contributed by atoms with Crippen LogP contribution in [-0.2, 0) is 0 Å². The van der Waals surface area contributed by atoms with E-state index in [0.29, 0.717) is 11.7 Å². The Hall–Kier alpha value is -1.78. The van der Waals surface area contributed by atoms with Gasteiger partial charge in [-0.1, -0.05) is 25.7 Å². The van der Waals surface area contributed by atoms with E-state index >= 15 is 0 Å². The zero-order valence-electron chi connectivity index (χ0n) is 11.9. The van der Waals surface area contributed by atoms with Crippen molar-refractivity contribution in [3.8, 4) is 0 Å². The van der Waals surface area contributed by atoms with Gasteiger partial charge in [0.15, 0.2) is 0 Å². The molecular formula is C15H22FN3O. The topological polar surface area (TPSA) is 72.3 Å². The van der Waals surface area contributed by atoms with Gasteiger partial charge in [-0.3, -0.25) is 4.79 Å². The van der Waals surface area contributed by atoms with Crippen molar-refractivity contribution in [3.05, 3.63) is 23.5 Å². The first-order chi connectivity index (χ1) is 9.50. The van der Waals surface area contributed by atoms with E-state index < -0.39 is 11.7 Å². The van der Waals surface area contributed by atoms with Crippen LogP contribution in [0, 0.1) is 5.82 Å². The van der Waals surface area contributed by atoms with Crippen molar-refractivity contribution in [1.82, 2.24) is 0 Å². The van der Waals surface area contributed by atoms with Gasteiger partial charge < -0.3 is 16.4 Å². The molecule has 0 saturated heterocycles. The second kappa shape index (κ2) is 6.11. The monoisotopic (exact) mass is 279 g/mol. The first-order valence-electron chi connectivity index (χ1n) is 7.12. The molecule has 0 aromatic heterocycles. The Bertz CT molecular complexity index is 496. The molecule has 1 aliphatic rings. The summed E-state index contributed by atoms with van der Waals surface area (Å²) < 4.78 is 14.1. The number of hydrogen-bond acceptors (Lipinski definition) is 3. The van der Waals surface area contributed by atoms with Gasteiger partial charge in [0.05, 0.1) is 11.3 Å². The van der Waals surface area contributed by atoms with Gasteiger partial charge in [0, 0.05) is 18.8 Å². The van der Waals surface area contributed by atoms with Crippen molar-refractivity contribution in [2.75, 3.05) is 17.7 Å². The molecule has 2 rings (SSSR count). The number of hydrogen-bond donors (Lipinski definition) is 2. The summed E-state index contributed by atoms with van der Waals surface area (Å²) >= 11 is 0. The van der Waals surface area contributed by atoms with Gasteiger partial charge in [0.25, 0.3) is 5.91 Å². The van der Waals surface area contributed by atoms with Crippen LogP contribution in [0.4, 0.5) is 15.8 Å².